The highest BCUT2D eigenvalue weighted by Gasteiger charge is 2.32. The topological polar surface area (TPSA) is 49.6 Å². The van der Waals surface area contributed by atoms with E-state index >= 15 is 0 Å². The van der Waals surface area contributed by atoms with Crippen LogP contribution >= 0.6 is 0 Å². The molecule has 0 radical (unpaired) electrons. The van der Waals surface area contributed by atoms with E-state index in [9.17, 15) is 4.79 Å². The molecule has 2 heterocycles. The molecule has 2 fully saturated rings. The summed E-state index contributed by atoms with van der Waals surface area (Å²) < 4.78 is 0. The Balaban J connectivity index is 1.76. The Labute approximate surface area is 123 Å². The summed E-state index contributed by atoms with van der Waals surface area (Å²) in [6.07, 6.45) is 5.32. The number of piperazine rings is 1. The molecule has 0 spiro atoms. The van der Waals surface area contributed by atoms with Crippen molar-refractivity contribution >= 4 is 5.91 Å². The van der Waals surface area contributed by atoms with Crippen LogP contribution in [0.25, 0.3) is 0 Å². The first kappa shape index (κ1) is 15.8. The number of carbonyl (C=O) groups excluding carboxylic acids is 1. The molecule has 116 valence electrons. The van der Waals surface area contributed by atoms with Crippen molar-refractivity contribution in [2.24, 2.45) is 17.6 Å². The van der Waals surface area contributed by atoms with E-state index in [1.54, 1.807) is 0 Å². The minimum absolute atomic E-state index is 0.360. The van der Waals surface area contributed by atoms with Gasteiger partial charge in [-0.2, -0.15) is 0 Å². The lowest BCUT2D eigenvalue weighted by atomic mass is 9.88. The Morgan fingerprint density at radius 1 is 1.25 bits per heavy atom. The molecule has 0 aromatic rings. The Bertz CT molecular complexity index is 319. The van der Waals surface area contributed by atoms with Crippen molar-refractivity contribution in [3.63, 3.8) is 0 Å². The van der Waals surface area contributed by atoms with Crippen molar-refractivity contribution < 1.29 is 4.79 Å². The van der Waals surface area contributed by atoms with Gasteiger partial charge in [0.15, 0.2) is 0 Å². The first-order valence-corrected chi connectivity index (χ1v) is 8.33. The van der Waals surface area contributed by atoms with Crippen LogP contribution in [0.2, 0.25) is 0 Å². The number of nitrogens with two attached hydrogens (primary N) is 1. The van der Waals surface area contributed by atoms with Crippen molar-refractivity contribution in [3.05, 3.63) is 0 Å². The van der Waals surface area contributed by atoms with Crippen LogP contribution < -0.4 is 5.73 Å². The van der Waals surface area contributed by atoms with Crippen molar-refractivity contribution in [1.82, 2.24) is 9.80 Å². The predicted molar refractivity (Wildman–Crippen MR) is 82.4 cm³/mol. The van der Waals surface area contributed by atoms with Crippen LogP contribution in [-0.2, 0) is 4.79 Å². The molecule has 2 rings (SSSR count). The van der Waals surface area contributed by atoms with Crippen LogP contribution in [0.3, 0.4) is 0 Å². The van der Waals surface area contributed by atoms with Crippen LogP contribution in [0, 0.1) is 11.8 Å². The van der Waals surface area contributed by atoms with Crippen molar-refractivity contribution in [2.75, 3.05) is 32.7 Å². The standard InChI is InChI=1S/C16H31N3O/c1-13(2)14(7-8-17)5-6-16(20)19-11-10-18-9-3-4-15(18)12-19/h13-15H,3-12,17H2,1-2H3. The maximum Gasteiger partial charge on any atom is 0.222 e. The lowest BCUT2D eigenvalue weighted by Gasteiger charge is -2.37. The van der Waals surface area contributed by atoms with Crippen LogP contribution in [0.5, 0.6) is 0 Å². The third-order valence-corrected chi connectivity index (χ3v) is 5.15. The summed E-state index contributed by atoms with van der Waals surface area (Å²) in [6.45, 7) is 9.41. The monoisotopic (exact) mass is 281 g/mol. The zero-order valence-electron chi connectivity index (χ0n) is 13.2. The Morgan fingerprint density at radius 2 is 2.05 bits per heavy atom. The van der Waals surface area contributed by atoms with E-state index in [0.717, 1.165) is 39.0 Å². The third-order valence-electron chi connectivity index (χ3n) is 5.15. The van der Waals surface area contributed by atoms with E-state index in [1.807, 2.05) is 0 Å². The van der Waals surface area contributed by atoms with Crippen LogP contribution in [-0.4, -0.2) is 54.5 Å². The molecule has 0 aliphatic carbocycles. The maximum absolute atomic E-state index is 12.4. The number of rotatable bonds is 6. The molecule has 2 aliphatic rings. The number of hydrogen-bond donors (Lipinski definition) is 1. The molecule has 0 aromatic heterocycles. The van der Waals surface area contributed by atoms with E-state index < -0.39 is 0 Å². The van der Waals surface area contributed by atoms with Gasteiger partial charge in [0.25, 0.3) is 0 Å². The summed E-state index contributed by atoms with van der Waals surface area (Å²) >= 11 is 0. The van der Waals surface area contributed by atoms with Gasteiger partial charge in [0, 0.05) is 32.1 Å². The van der Waals surface area contributed by atoms with Crippen molar-refractivity contribution in [2.45, 2.75) is 52.0 Å². The minimum Gasteiger partial charge on any atom is -0.340 e. The van der Waals surface area contributed by atoms with Gasteiger partial charge < -0.3 is 10.6 Å². The SMILES string of the molecule is CC(C)C(CCN)CCC(=O)N1CCN2CCCC2C1. The maximum atomic E-state index is 12.4. The highest BCUT2D eigenvalue weighted by atomic mass is 16.2. The molecule has 4 nitrogen and oxygen atoms in total. The number of fused-ring (bicyclic) bond motifs is 1. The van der Waals surface area contributed by atoms with Gasteiger partial charge in [0.1, 0.15) is 0 Å². The molecule has 2 saturated heterocycles. The van der Waals surface area contributed by atoms with E-state index in [1.165, 1.54) is 19.4 Å². The van der Waals surface area contributed by atoms with Gasteiger partial charge >= 0.3 is 0 Å². The molecule has 2 atom stereocenters. The van der Waals surface area contributed by atoms with E-state index in [0.29, 0.717) is 30.2 Å². The Hall–Kier alpha value is -0.610. The normalized spacial score (nSPS) is 25.0. The molecule has 1 amide bonds. The molecular weight excluding hydrogens is 250 g/mol. The molecule has 0 saturated carbocycles. The number of nitrogens with zero attached hydrogens (tertiary/aromatic N) is 2. The summed E-state index contributed by atoms with van der Waals surface area (Å²) in [6, 6.07) is 0.637. The van der Waals surface area contributed by atoms with Gasteiger partial charge in [0.2, 0.25) is 5.91 Å². The smallest absolute Gasteiger partial charge is 0.222 e. The predicted octanol–water partition coefficient (Wildman–Crippen LogP) is 1.69. The lowest BCUT2D eigenvalue weighted by molar-refractivity contribution is -0.134. The average molecular weight is 281 g/mol. The fourth-order valence-corrected chi connectivity index (χ4v) is 3.71. The summed E-state index contributed by atoms with van der Waals surface area (Å²) in [5.41, 5.74) is 5.67. The fourth-order valence-electron chi connectivity index (χ4n) is 3.71. The molecule has 20 heavy (non-hydrogen) atoms. The van der Waals surface area contributed by atoms with Crippen LogP contribution in [0.4, 0.5) is 0 Å². The van der Waals surface area contributed by atoms with Crippen molar-refractivity contribution in [3.8, 4) is 0 Å². The minimum atomic E-state index is 0.360. The molecule has 2 N–H and O–H groups in total. The average Bonchev–Trinajstić information content (AvgIpc) is 2.89. The highest BCUT2D eigenvalue weighted by Crippen LogP contribution is 2.24. The molecule has 4 heteroatoms. The molecule has 0 aromatic carbocycles. The largest absolute Gasteiger partial charge is 0.340 e. The third kappa shape index (κ3) is 3.95. The van der Waals surface area contributed by atoms with Gasteiger partial charge in [-0.15, -0.1) is 0 Å². The van der Waals surface area contributed by atoms with E-state index in [-0.39, 0.29) is 0 Å². The van der Waals surface area contributed by atoms with Gasteiger partial charge in [-0.05, 0) is 50.6 Å². The van der Waals surface area contributed by atoms with E-state index in [2.05, 4.69) is 23.6 Å². The molecule has 2 aliphatic heterocycles. The first-order chi connectivity index (χ1) is 9.61. The second-order valence-corrected chi connectivity index (χ2v) is 6.79. The summed E-state index contributed by atoms with van der Waals surface area (Å²) in [7, 11) is 0. The van der Waals surface area contributed by atoms with Gasteiger partial charge in [0.05, 0.1) is 0 Å². The van der Waals surface area contributed by atoms with E-state index in [4.69, 9.17) is 5.73 Å². The van der Waals surface area contributed by atoms with Gasteiger partial charge in [-0.1, -0.05) is 13.8 Å². The summed E-state index contributed by atoms with van der Waals surface area (Å²) in [5, 5.41) is 0. The quantitative estimate of drug-likeness (QED) is 0.806. The molecule has 0 bridgehead atoms. The Kier molecular flexibility index (Phi) is 5.85. The fraction of sp³-hybridized carbons (Fsp3) is 0.938. The number of hydrogen-bond acceptors (Lipinski definition) is 3. The highest BCUT2D eigenvalue weighted by molar-refractivity contribution is 5.76. The van der Waals surface area contributed by atoms with Crippen LogP contribution in [0.1, 0.15) is 46.0 Å². The second kappa shape index (κ2) is 7.41. The Morgan fingerprint density at radius 3 is 2.75 bits per heavy atom. The lowest BCUT2D eigenvalue weighted by Crippen LogP contribution is -2.52. The first-order valence-electron chi connectivity index (χ1n) is 8.33. The van der Waals surface area contributed by atoms with Gasteiger partial charge in [-0.3, -0.25) is 9.69 Å². The number of amides is 1. The summed E-state index contributed by atoms with van der Waals surface area (Å²) in [4.78, 5) is 17.0. The second-order valence-electron chi connectivity index (χ2n) is 6.79. The summed E-state index contributed by atoms with van der Waals surface area (Å²) in [5.74, 6) is 1.58. The molecular formula is C16H31N3O. The van der Waals surface area contributed by atoms with Crippen molar-refractivity contribution in [1.29, 1.82) is 0 Å². The zero-order valence-corrected chi connectivity index (χ0v) is 13.2. The zero-order chi connectivity index (χ0) is 14.5. The number of carbonyl (C=O) groups is 1. The van der Waals surface area contributed by atoms with Crippen LogP contribution in [0.15, 0.2) is 0 Å². The molecule has 2 unspecified atom stereocenters. The van der Waals surface area contributed by atoms with Gasteiger partial charge in [-0.25, -0.2) is 0 Å².